The van der Waals surface area contributed by atoms with E-state index >= 15 is 0 Å². The molecule has 0 spiro atoms. The first kappa shape index (κ1) is 22.6. The molecular formula is C21H31N3O5S. The molecule has 8 nitrogen and oxygen atoms in total. The summed E-state index contributed by atoms with van der Waals surface area (Å²) in [6.45, 7) is 9.75. The Morgan fingerprint density at radius 3 is 2.67 bits per heavy atom. The fraction of sp³-hybridized carbons (Fsp3) is 0.619. The van der Waals surface area contributed by atoms with E-state index in [1.807, 2.05) is 27.7 Å². The monoisotopic (exact) mass is 437 g/mol. The van der Waals surface area contributed by atoms with Crippen LogP contribution < -0.4 is 15.4 Å². The maximum absolute atomic E-state index is 13.4. The lowest BCUT2D eigenvalue weighted by Gasteiger charge is -2.33. The molecule has 2 heterocycles. The Bertz CT molecular complexity index is 952. The minimum absolute atomic E-state index is 0.124. The third-order valence-electron chi connectivity index (χ3n) is 5.34. The van der Waals surface area contributed by atoms with Gasteiger partial charge in [-0.1, -0.05) is 6.92 Å². The average molecular weight is 438 g/mol. The molecule has 2 unspecified atom stereocenters. The molecule has 0 aliphatic carbocycles. The van der Waals surface area contributed by atoms with Gasteiger partial charge in [0.2, 0.25) is 15.9 Å². The van der Waals surface area contributed by atoms with Crippen LogP contribution in [0.5, 0.6) is 5.75 Å². The van der Waals surface area contributed by atoms with Gasteiger partial charge in [0.05, 0.1) is 16.5 Å². The second kappa shape index (κ2) is 8.19. The molecule has 2 amide bonds. The molecule has 30 heavy (non-hydrogen) atoms. The molecule has 0 aromatic heterocycles. The molecule has 1 aromatic carbocycles. The van der Waals surface area contributed by atoms with Crippen molar-refractivity contribution in [2.45, 2.75) is 70.4 Å². The first-order chi connectivity index (χ1) is 13.9. The van der Waals surface area contributed by atoms with Crippen LogP contribution in [0.2, 0.25) is 0 Å². The molecule has 2 aliphatic rings. The number of hydrogen-bond acceptors (Lipinski definition) is 5. The Kier molecular flexibility index (Phi) is 6.15. The summed E-state index contributed by atoms with van der Waals surface area (Å²) in [6, 6.07) is 3.11. The van der Waals surface area contributed by atoms with Crippen molar-refractivity contribution in [3.63, 3.8) is 0 Å². The number of ether oxygens (including phenoxy) is 1. The van der Waals surface area contributed by atoms with Crippen molar-refractivity contribution < 1.29 is 22.7 Å². The fourth-order valence-corrected chi connectivity index (χ4v) is 5.56. The van der Waals surface area contributed by atoms with Gasteiger partial charge in [0.1, 0.15) is 5.75 Å². The number of hydrogen-bond donors (Lipinski definition) is 2. The van der Waals surface area contributed by atoms with E-state index in [-0.39, 0.29) is 34.7 Å². The van der Waals surface area contributed by atoms with Gasteiger partial charge in [0.15, 0.2) is 6.10 Å². The van der Waals surface area contributed by atoms with Crippen molar-refractivity contribution in [1.29, 1.82) is 0 Å². The molecule has 1 aromatic rings. The number of benzene rings is 1. The Morgan fingerprint density at radius 1 is 1.33 bits per heavy atom. The van der Waals surface area contributed by atoms with Crippen molar-refractivity contribution in [3.05, 3.63) is 17.7 Å². The Balaban J connectivity index is 1.86. The average Bonchev–Trinajstić information content (AvgIpc) is 2.65. The van der Waals surface area contributed by atoms with Crippen LogP contribution >= 0.6 is 0 Å². The van der Waals surface area contributed by atoms with Crippen molar-refractivity contribution >= 4 is 27.5 Å². The number of fused-ring (bicyclic) bond motifs is 1. The molecule has 2 aliphatic heterocycles. The number of anilines is 1. The van der Waals surface area contributed by atoms with E-state index in [1.54, 1.807) is 13.0 Å². The second-order valence-corrected chi connectivity index (χ2v) is 11.0. The number of amides is 2. The van der Waals surface area contributed by atoms with Crippen molar-refractivity contribution in [1.82, 2.24) is 9.62 Å². The van der Waals surface area contributed by atoms with Gasteiger partial charge in [-0.2, -0.15) is 4.31 Å². The largest absolute Gasteiger partial charge is 0.478 e. The highest BCUT2D eigenvalue weighted by molar-refractivity contribution is 7.89. The minimum atomic E-state index is -3.81. The molecule has 0 radical (unpaired) electrons. The van der Waals surface area contributed by atoms with Crippen molar-refractivity contribution in [2.75, 3.05) is 18.4 Å². The minimum Gasteiger partial charge on any atom is -0.478 e. The number of carbonyl (C=O) groups is 2. The lowest BCUT2D eigenvalue weighted by Crippen LogP contribution is -2.49. The number of aryl methyl sites for hydroxylation is 1. The zero-order valence-electron chi connectivity index (χ0n) is 18.2. The van der Waals surface area contributed by atoms with Gasteiger partial charge in [-0.05, 0) is 58.6 Å². The summed E-state index contributed by atoms with van der Waals surface area (Å²) in [4.78, 5) is 24.8. The predicted molar refractivity (Wildman–Crippen MR) is 114 cm³/mol. The molecule has 1 saturated heterocycles. The van der Waals surface area contributed by atoms with Crippen LogP contribution in [0, 0.1) is 12.8 Å². The van der Waals surface area contributed by atoms with E-state index in [0.29, 0.717) is 42.8 Å². The van der Waals surface area contributed by atoms with Crippen LogP contribution in [-0.4, -0.2) is 49.3 Å². The van der Waals surface area contributed by atoms with E-state index in [4.69, 9.17) is 4.74 Å². The topological polar surface area (TPSA) is 105 Å². The Labute approximate surface area is 178 Å². The zero-order valence-corrected chi connectivity index (χ0v) is 19.1. The lowest BCUT2D eigenvalue weighted by atomic mass is 9.97. The summed E-state index contributed by atoms with van der Waals surface area (Å²) in [5.41, 5.74) is 0.626. The van der Waals surface area contributed by atoms with E-state index in [1.165, 1.54) is 10.4 Å². The number of carbonyl (C=O) groups excluding carboxylic acids is 2. The van der Waals surface area contributed by atoms with Gasteiger partial charge in [-0.15, -0.1) is 0 Å². The van der Waals surface area contributed by atoms with Gasteiger partial charge < -0.3 is 15.4 Å². The highest BCUT2D eigenvalue weighted by Gasteiger charge is 2.36. The van der Waals surface area contributed by atoms with Crippen molar-refractivity contribution in [2.24, 2.45) is 5.92 Å². The van der Waals surface area contributed by atoms with Crippen LogP contribution in [0.15, 0.2) is 17.0 Å². The van der Waals surface area contributed by atoms with Crippen LogP contribution in [0.4, 0.5) is 5.69 Å². The van der Waals surface area contributed by atoms with Gasteiger partial charge in [0, 0.05) is 24.7 Å². The van der Waals surface area contributed by atoms with Gasteiger partial charge in [0.25, 0.3) is 5.91 Å². The number of nitrogens with zero attached hydrogens (tertiary/aromatic N) is 1. The van der Waals surface area contributed by atoms with Crippen molar-refractivity contribution in [3.8, 4) is 5.75 Å². The summed E-state index contributed by atoms with van der Waals surface area (Å²) < 4.78 is 33.9. The Morgan fingerprint density at radius 2 is 2.03 bits per heavy atom. The van der Waals surface area contributed by atoms with Crippen LogP contribution in [0.1, 0.15) is 52.5 Å². The number of sulfonamides is 1. The molecule has 166 valence electrons. The van der Waals surface area contributed by atoms with E-state index in [2.05, 4.69) is 10.6 Å². The van der Waals surface area contributed by atoms with E-state index < -0.39 is 16.1 Å². The molecular weight excluding hydrogens is 406 g/mol. The maximum Gasteiger partial charge on any atom is 0.265 e. The van der Waals surface area contributed by atoms with Gasteiger partial charge in [-0.25, -0.2) is 8.42 Å². The highest BCUT2D eigenvalue weighted by Crippen LogP contribution is 2.36. The molecule has 1 fully saturated rings. The molecule has 2 atom stereocenters. The molecule has 0 bridgehead atoms. The van der Waals surface area contributed by atoms with Crippen LogP contribution in [0.3, 0.4) is 0 Å². The van der Waals surface area contributed by atoms with E-state index in [9.17, 15) is 18.0 Å². The summed E-state index contributed by atoms with van der Waals surface area (Å²) >= 11 is 0. The summed E-state index contributed by atoms with van der Waals surface area (Å²) in [6.07, 6.45) is 1.12. The normalized spacial score (nSPS) is 22.6. The van der Waals surface area contributed by atoms with Gasteiger partial charge >= 0.3 is 0 Å². The lowest BCUT2D eigenvalue weighted by molar-refractivity contribution is -0.127. The number of rotatable bonds is 4. The second-order valence-electron chi connectivity index (χ2n) is 9.06. The quantitative estimate of drug-likeness (QED) is 0.753. The summed E-state index contributed by atoms with van der Waals surface area (Å²) in [5.74, 6) is -0.388. The van der Waals surface area contributed by atoms with Crippen LogP contribution in [-0.2, 0) is 19.6 Å². The molecule has 3 rings (SSSR count). The summed E-state index contributed by atoms with van der Waals surface area (Å²) in [7, 11) is -3.81. The molecule has 2 N–H and O–H groups in total. The number of piperidine rings is 1. The SMILES string of the molecule is CCC1Oc2cc(S(=O)(=O)N3CCCC(C(=O)NC(C)(C)C)C3)c(C)cc2NC1=O. The molecule has 0 saturated carbocycles. The maximum atomic E-state index is 13.4. The fourth-order valence-electron chi connectivity index (χ4n) is 3.82. The first-order valence-corrected chi connectivity index (χ1v) is 11.8. The first-order valence-electron chi connectivity index (χ1n) is 10.4. The van der Waals surface area contributed by atoms with E-state index in [0.717, 1.165) is 0 Å². The highest BCUT2D eigenvalue weighted by atomic mass is 32.2. The Hall–Kier alpha value is -2.13. The predicted octanol–water partition coefficient (Wildman–Crippen LogP) is 2.42. The third kappa shape index (κ3) is 4.62. The van der Waals surface area contributed by atoms with Gasteiger partial charge in [-0.3, -0.25) is 9.59 Å². The number of nitrogens with one attached hydrogen (secondary N) is 2. The molecule has 9 heteroatoms. The van der Waals surface area contributed by atoms with Crippen LogP contribution in [0.25, 0.3) is 0 Å². The zero-order chi connectivity index (χ0) is 22.3. The standard InChI is InChI=1S/C21H31N3O5S/c1-6-16-20(26)22-15-10-13(2)18(11-17(15)29-16)30(27,28)24-9-7-8-14(12-24)19(25)23-21(3,4)5/h10-11,14,16H,6-9,12H2,1-5H3,(H,22,26)(H,23,25). The smallest absolute Gasteiger partial charge is 0.265 e. The third-order valence-corrected chi connectivity index (χ3v) is 7.35. The summed E-state index contributed by atoms with van der Waals surface area (Å²) in [5, 5.41) is 5.73.